The minimum atomic E-state index is -0.764. The maximum Gasteiger partial charge on any atom is 0.175 e. The zero-order valence-corrected chi connectivity index (χ0v) is 11.2. The molecule has 15 heavy (non-hydrogen) atoms. The number of nitrogens with two attached hydrogens (primary N) is 1. The van der Waals surface area contributed by atoms with Crippen LogP contribution in [-0.2, 0) is 0 Å². The van der Waals surface area contributed by atoms with Crippen molar-refractivity contribution in [2.75, 3.05) is 18.6 Å². The zero-order valence-electron chi connectivity index (χ0n) is 8.77. The lowest BCUT2D eigenvalue weighted by Crippen LogP contribution is -2.34. The van der Waals surface area contributed by atoms with Crippen molar-refractivity contribution in [2.45, 2.75) is 27.6 Å². The average molecular weight is 265 g/mol. The molecular formula is C8H15N3OS3. The zero-order chi connectivity index (χ0) is 11.3. The highest BCUT2D eigenvalue weighted by atomic mass is 32.2. The molecule has 0 aliphatic heterocycles. The minimum Gasteiger partial charge on any atom is -0.389 e. The highest BCUT2D eigenvalue weighted by molar-refractivity contribution is 8.02. The van der Waals surface area contributed by atoms with E-state index in [-0.39, 0.29) is 0 Å². The Morgan fingerprint density at radius 1 is 1.47 bits per heavy atom. The van der Waals surface area contributed by atoms with E-state index in [0.29, 0.717) is 13.0 Å². The van der Waals surface area contributed by atoms with Crippen LogP contribution in [0, 0.1) is 0 Å². The summed E-state index contributed by atoms with van der Waals surface area (Å²) in [6.45, 7) is 2.04. The summed E-state index contributed by atoms with van der Waals surface area (Å²) >= 11 is 4.79. The van der Waals surface area contributed by atoms with Crippen molar-refractivity contribution in [1.29, 1.82) is 0 Å². The molecule has 1 aromatic heterocycles. The number of rotatable bonds is 6. The Kier molecular flexibility index (Phi) is 5.34. The van der Waals surface area contributed by atoms with E-state index in [4.69, 9.17) is 5.73 Å². The first-order valence-electron chi connectivity index (χ1n) is 4.50. The van der Waals surface area contributed by atoms with Crippen LogP contribution in [-0.4, -0.2) is 39.5 Å². The largest absolute Gasteiger partial charge is 0.389 e. The predicted octanol–water partition coefficient (Wildman–Crippen LogP) is 1.45. The van der Waals surface area contributed by atoms with Crippen LogP contribution in [0.2, 0.25) is 0 Å². The Morgan fingerprint density at radius 3 is 2.67 bits per heavy atom. The van der Waals surface area contributed by atoms with Crippen molar-refractivity contribution in [3.05, 3.63) is 0 Å². The highest BCUT2D eigenvalue weighted by Crippen LogP contribution is 2.28. The average Bonchev–Trinajstić information content (AvgIpc) is 2.66. The maximum absolute atomic E-state index is 9.68. The Morgan fingerprint density at radius 2 is 2.13 bits per heavy atom. The second kappa shape index (κ2) is 6.05. The normalized spacial score (nSPS) is 15.2. The van der Waals surface area contributed by atoms with E-state index in [1.807, 2.05) is 6.26 Å². The molecule has 3 N–H and O–H groups in total. The first-order valence-corrected chi connectivity index (χ1v) is 7.53. The van der Waals surface area contributed by atoms with E-state index in [1.54, 1.807) is 41.8 Å². The van der Waals surface area contributed by atoms with Gasteiger partial charge in [0.15, 0.2) is 8.68 Å². The Labute approximate surface area is 102 Å². The molecule has 0 fully saturated rings. The lowest BCUT2D eigenvalue weighted by atomic mass is 10.1. The molecule has 0 amide bonds. The summed E-state index contributed by atoms with van der Waals surface area (Å²) in [6.07, 6.45) is 2.65. The number of hydrogen-bond donors (Lipinski definition) is 2. The van der Waals surface area contributed by atoms with E-state index >= 15 is 0 Å². The fraction of sp³-hybridized carbons (Fsp3) is 0.750. The van der Waals surface area contributed by atoms with Gasteiger partial charge in [-0.25, -0.2) is 0 Å². The first kappa shape index (κ1) is 13.2. The van der Waals surface area contributed by atoms with E-state index in [1.165, 1.54) is 0 Å². The quantitative estimate of drug-likeness (QED) is 0.759. The van der Waals surface area contributed by atoms with Crippen molar-refractivity contribution in [3.8, 4) is 0 Å². The molecule has 0 saturated heterocycles. The second-order valence-electron chi connectivity index (χ2n) is 3.34. The van der Waals surface area contributed by atoms with Crippen LogP contribution in [0.4, 0.5) is 0 Å². The van der Waals surface area contributed by atoms with Crippen LogP contribution < -0.4 is 5.73 Å². The summed E-state index contributed by atoms with van der Waals surface area (Å²) in [5.74, 6) is 0.813. The van der Waals surface area contributed by atoms with Crippen molar-refractivity contribution in [3.63, 3.8) is 0 Å². The van der Waals surface area contributed by atoms with Crippen molar-refractivity contribution < 1.29 is 5.11 Å². The van der Waals surface area contributed by atoms with Gasteiger partial charge in [-0.15, -0.1) is 10.2 Å². The molecular weight excluding hydrogens is 250 g/mol. The van der Waals surface area contributed by atoms with Gasteiger partial charge in [0.2, 0.25) is 0 Å². The molecule has 7 heteroatoms. The number of aromatic nitrogens is 2. The number of hydrogen-bond acceptors (Lipinski definition) is 7. The van der Waals surface area contributed by atoms with E-state index < -0.39 is 5.60 Å². The third-order valence-corrected chi connectivity index (χ3v) is 4.90. The van der Waals surface area contributed by atoms with Gasteiger partial charge in [-0.05, 0) is 19.6 Å². The smallest absolute Gasteiger partial charge is 0.175 e. The van der Waals surface area contributed by atoms with Crippen LogP contribution in [0.3, 0.4) is 0 Å². The Balaban J connectivity index is 2.31. The van der Waals surface area contributed by atoms with Gasteiger partial charge >= 0.3 is 0 Å². The summed E-state index contributed by atoms with van der Waals surface area (Å²) < 4.78 is 1.93. The Bertz CT molecular complexity index is 303. The predicted molar refractivity (Wildman–Crippen MR) is 66.7 cm³/mol. The fourth-order valence-electron chi connectivity index (χ4n) is 0.798. The lowest BCUT2D eigenvalue weighted by Gasteiger charge is -2.19. The van der Waals surface area contributed by atoms with Gasteiger partial charge in [-0.1, -0.05) is 34.9 Å². The molecule has 1 atom stereocenters. The summed E-state index contributed by atoms with van der Waals surface area (Å²) in [7, 11) is 0. The molecule has 0 aliphatic carbocycles. The number of aliphatic hydroxyl groups is 1. The molecule has 0 aromatic carbocycles. The summed E-state index contributed by atoms with van der Waals surface area (Å²) in [5.41, 5.74) is 4.66. The molecule has 0 saturated carbocycles. The summed E-state index contributed by atoms with van der Waals surface area (Å²) in [5, 5.41) is 17.7. The van der Waals surface area contributed by atoms with Crippen LogP contribution in [0.5, 0.6) is 0 Å². The van der Waals surface area contributed by atoms with E-state index in [2.05, 4.69) is 10.2 Å². The fourth-order valence-corrected chi connectivity index (χ4v) is 3.50. The van der Waals surface area contributed by atoms with Crippen molar-refractivity contribution in [2.24, 2.45) is 5.73 Å². The SMILES string of the molecule is CSc1nnc(SCCC(C)(O)CN)s1. The first-order chi connectivity index (χ1) is 7.07. The monoisotopic (exact) mass is 265 g/mol. The van der Waals surface area contributed by atoms with Gasteiger partial charge in [-0.3, -0.25) is 0 Å². The third-order valence-electron chi connectivity index (χ3n) is 1.87. The maximum atomic E-state index is 9.68. The molecule has 0 spiro atoms. The topological polar surface area (TPSA) is 72.0 Å². The van der Waals surface area contributed by atoms with Crippen LogP contribution in [0.25, 0.3) is 0 Å². The Hall–Kier alpha value is 0.180. The van der Waals surface area contributed by atoms with Gasteiger partial charge < -0.3 is 10.8 Å². The second-order valence-corrected chi connectivity index (χ2v) is 6.71. The molecule has 1 rings (SSSR count). The van der Waals surface area contributed by atoms with Gasteiger partial charge in [0.05, 0.1) is 5.60 Å². The standard InChI is InChI=1S/C8H15N3OS3/c1-8(12,5-9)3-4-14-7-11-10-6(13-2)15-7/h12H,3-5,9H2,1-2H3. The highest BCUT2D eigenvalue weighted by Gasteiger charge is 2.17. The van der Waals surface area contributed by atoms with Gasteiger partial charge in [-0.2, -0.15) is 0 Å². The van der Waals surface area contributed by atoms with Crippen LogP contribution >= 0.6 is 34.9 Å². The van der Waals surface area contributed by atoms with Gasteiger partial charge in [0.1, 0.15) is 0 Å². The molecule has 0 aliphatic rings. The minimum absolute atomic E-state index is 0.291. The molecule has 1 unspecified atom stereocenters. The lowest BCUT2D eigenvalue weighted by molar-refractivity contribution is 0.0665. The molecule has 86 valence electrons. The molecule has 4 nitrogen and oxygen atoms in total. The molecule has 1 heterocycles. The van der Waals surface area contributed by atoms with Crippen molar-refractivity contribution in [1.82, 2.24) is 10.2 Å². The van der Waals surface area contributed by atoms with Gasteiger partial charge in [0, 0.05) is 12.3 Å². The van der Waals surface area contributed by atoms with Crippen molar-refractivity contribution >= 4 is 34.9 Å². The molecule has 0 radical (unpaired) electrons. The number of nitrogens with zero attached hydrogens (tertiary/aromatic N) is 2. The van der Waals surface area contributed by atoms with Gasteiger partial charge in [0.25, 0.3) is 0 Å². The van der Waals surface area contributed by atoms with Crippen LogP contribution in [0.1, 0.15) is 13.3 Å². The third kappa shape index (κ3) is 4.69. The van der Waals surface area contributed by atoms with Crippen LogP contribution in [0.15, 0.2) is 8.68 Å². The number of thioether (sulfide) groups is 2. The van der Waals surface area contributed by atoms with E-state index in [9.17, 15) is 5.11 Å². The molecule has 0 bridgehead atoms. The molecule has 1 aromatic rings. The summed E-state index contributed by atoms with van der Waals surface area (Å²) in [4.78, 5) is 0. The summed E-state index contributed by atoms with van der Waals surface area (Å²) in [6, 6.07) is 0. The van der Waals surface area contributed by atoms with E-state index in [0.717, 1.165) is 14.4 Å².